The zero-order valence-corrected chi connectivity index (χ0v) is 17.1. The minimum absolute atomic E-state index is 0.0119. The van der Waals surface area contributed by atoms with Crippen LogP contribution in [-0.4, -0.2) is 18.2 Å². The second-order valence-corrected chi connectivity index (χ2v) is 8.04. The molecule has 152 valence electrons. The molecular weight excluding hydrogens is 388 g/mol. The van der Waals surface area contributed by atoms with Crippen molar-refractivity contribution in [3.8, 4) is 11.5 Å². The zero-order chi connectivity index (χ0) is 20.4. The number of aromatic amines is 1. The monoisotopic (exact) mass is 412 g/mol. The number of fused-ring (bicyclic) bond motifs is 1. The minimum atomic E-state index is -0.149. The second kappa shape index (κ2) is 8.47. The third kappa shape index (κ3) is 4.26. The van der Waals surface area contributed by atoms with Gasteiger partial charge in [0.1, 0.15) is 11.5 Å². The second-order valence-electron chi connectivity index (χ2n) is 7.63. The summed E-state index contributed by atoms with van der Waals surface area (Å²) in [5.41, 5.74) is 7.51. The van der Waals surface area contributed by atoms with Crippen LogP contribution in [0.25, 0.3) is 10.8 Å². The number of aromatic nitrogens is 1. The fraction of sp³-hybridized carbons (Fsp3) is 0.348. The van der Waals surface area contributed by atoms with Crippen LogP contribution in [-0.2, 0) is 0 Å². The molecule has 1 aliphatic rings. The molecule has 2 aromatic carbocycles. The molecule has 6 heteroatoms. The molecule has 1 aromatic heterocycles. The first-order valence-corrected chi connectivity index (χ1v) is 10.3. The van der Waals surface area contributed by atoms with E-state index in [0.717, 1.165) is 42.4 Å². The average Bonchev–Trinajstić information content (AvgIpc) is 2.75. The summed E-state index contributed by atoms with van der Waals surface area (Å²) in [5.74, 6) is 1.90. The molecule has 1 aliphatic carbocycles. The Balaban J connectivity index is 1.40. The third-order valence-corrected chi connectivity index (χ3v) is 6.14. The van der Waals surface area contributed by atoms with E-state index in [0.29, 0.717) is 22.1 Å². The average molecular weight is 413 g/mol. The van der Waals surface area contributed by atoms with E-state index in [1.54, 1.807) is 19.4 Å². The maximum absolute atomic E-state index is 11.9. The molecule has 0 bridgehead atoms. The van der Waals surface area contributed by atoms with E-state index in [9.17, 15) is 4.79 Å². The molecule has 0 radical (unpaired) electrons. The van der Waals surface area contributed by atoms with Crippen molar-refractivity contribution in [2.45, 2.75) is 37.8 Å². The SMILES string of the molecule is COc1ccc(C(N)[C@H]2CC[C@@H](Oc3cc4cc[nH]c(=O)c4cc3Cl)CC2)cc1. The largest absolute Gasteiger partial charge is 0.497 e. The number of H-pyrrole nitrogens is 1. The topological polar surface area (TPSA) is 77.3 Å². The van der Waals surface area contributed by atoms with E-state index < -0.39 is 0 Å². The minimum Gasteiger partial charge on any atom is -0.497 e. The molecule has 1 fully saturated rings. The van der Waals surface area contributed by atoms with Crippen LogP contribution in [0.2, 0.25) is 5.02 Å². The van der Waals surface area contributed by atoms with Gasteiger partial charge in [-0.05, 0) is 72.9 Å². The Bertz CT molecular complexity index is 1040. The van der Waals surface area contributed by atoms with E-state index >= 15 is 0 Å². The van der Waals surface area contributed by atoms with Gasteiger partial charge in [0.2, 0.25) is 0 Å². The summed E-state index contributed by atoms with van der Waals surface area (Å²) in [6, 6.07) is 13.4. The molecule has 0 aliphatic heterocycles. The first-order chi connectivity index (χ1) is 14.0. The van der Waals surface area contributed by atoms with Crippen LogP contribution in [0.15, 0.2) is 53.5 Å². The molecular formula is C23H25ClN2O3. The first kappa shape index (κ1) is 19.8. The Morgan fingerprint density at radius 2 is 1.83 bits per heavy atom. The Hall–Kier alpha value is -2.50. The molecule has 0 saturated heterocycles. The predicted molar refractivity (Wildman–Crippen MR) is 116 cm³/mol. The third-order valence-electron chi connectivity index (χ3n) is 5.85. The van der Waals surface area contributed by atoms with Crippen molar-refractivity contribution < 1.29 is 9.47 Å². The molecule has 5 nitrogen and oxygen atoms in total. The Kier molecular flexibility index (Phi) is 5.79. The molecule has 1 saturated carbocycles. The Morgan fingerprint density at radius 3 is 2.52 bits per heavy atom. The lowest BCUT2D eigenvalue weighted by atomic mass is 9.80. The molecule has 4 rings (SSSR count). The van der Waals surface area contributed by atoms with Crippen molar-refractivity contribution in [1.82, 2.24) is 4.98 Å². The van der Waals surface area contributed by atoms with Gasteiger partial charge in [-0.15, -0.1) is 0 Å². The Labute approximate surface area is 174 Å². The molecule has 1 atom stereocenters. The summed E-state index contributed by atoms with van der Waals surface area (Å²) in [6.45, 7) is 0. The molecule has 29 heavy (non-hydrogen) atoms. The van der Waals surface area contributed by atoms with Gasteiger partial charge in [0.25, 0.3) is 5.56 Å². The highest BCUT2D eigenvalue weighted by molar-refractivity contribution is 6.32. The fourth-order valence-electron chi connectivity index (χ4n) is 4.12. The maximum atomic E-state index is 11.9. The van der Waals surface area contributed by atoms with Gasteiger partial charge < -0.3 is 20.2 Å². The maximum Gasteiger partial charge on any atom is 0.255 e. The number of methoxy groups -OCH3 is 1. The predicted octanol–water partition coefficient (Wildman–Crippen LogP) is 4.83. The number of ether oxygens (including phenoxy) is 2. The van der Waals surface area contributed by atoms with Gasteiger partial charge in [-0.1, -0.05) is 23.7 Å². The van der Waals surface area contributed by atoms with Gasteiger partial charge in [-0.3, -0.25) is 4.79 Å². The van der Waals surface area contributed by atoms with Crippen molar-refractivity contribution in [2.24, 2.45) is 11.7 Å². The number of nitrogens with two attached hydrogens (primary N) is 1. The zero-order valence-electron chi connectivity index (χ0n) is 16.4. The normalized spacial score (nSPS) is 20.4. The van der Waals surface area contributed by atoms with Crippen LogP contribution in [0, 0.1) is 5.92 Å². The van der Waals surface area contributed by atoms with Crippen molar-refractivity contribution in [3.05, 3.63) is 69.6 Å². The summed E-state index contributed by atoms with van der Waals surface area (Å²) in [6.07, 6.45) is 5.60. The molecule has 1 unspecified atom stereocenters. The van der Waals surface area contributed by atoms with Crippen LogP contribution in [0.4, 0.5) is 0 Å². The van der Waals surface area contributed by atoms with Gasteiger partial charge in [-0.2, -0.15) is 0 Å². The number of rotatable bonds is 5. The van der Waals surface area contributed by atoms with Crippen LogP contribution in [0.1, 0.15) is 37.3 Å². The van der Waals surface area contributed by atoms with Gasteiger partial charge in [0, 0.05) is 17.6 Å². The number of benzene rings is 2. The molecule has 3 aromatic rings. The molecule has 1 heterocycles. The summed E-state index contributed by atoms with van der Waals surface area (Å²) in [4.78, 5) is 14.6. The molecule has 0 spiro atoms. The van der Waals surface area contributed by atoms with E-state index in [1.165, 1.54) is 0 Å². The van der Waals surface area contributed by atoms with E-state index in [4.69, 9.17) is 26.8 Å². The van der Waals surface area contributed by atoms with Crippen LogP contribution in [0.3, 0.4) is 0 Å². The lowest BCUT2D eigenvalue weighted by Crippen LogP contribution is -2.30. The Morgan fingerprint density at radius 1 is 1.10 bits per heavy atom. The lowest BCUT2D eigenvalue weighted by Gasteiger charge is -2.32. The number of pyridine rings is 1. The highest BCUT2D eigenvalue weighted by Crippen LogP contribution is 2.37. The summed E-state index contributed by atoms with van der Waals surface area (Å²) in [7, 11) is 1.66. The quantitative estimate of drug-likeness (QED) is 0.629. The van der Waals surface area contributed by atoms with E-state index in [2.05, 4.69) is 4.98 Å². The fourth-order valence-corrected chi connectivity index (χ4v) is 4.33. The molecule has 0 amide bonds. The first-order valence-electron chi connectivity index (χ1n) is 9.92. The standard InChI is InChI=1S/C23H25ClN2O3/c1-28-17-6-2-14(3-7-17)22(25)15-4-8-18(9-5-15)29-21-12-16-10-11-26-23(27)19(16)13-20(21)24/h2-3,6-7,10-13,15,18,22H,4-5,8-9,25H2,1H3,(H,26,27)/t15-,18+,22?. The van der Waals surface area contributed by atoms with Crippen molar-refractivity contribution >= 4 is 22.4 Å². The summed E-state index contributed by atoms with van der Waals surface area (Å²) < 4.78 is 11.4. The van der Waals surface area contributed by atoms with Gasteiger partial charge >= 0.3 is 0 Å². The van der Waals surface area contributed by atoms with Crippen LogP contribution in [0.5, 0.6) is 11.5 Å². The van der Waals surface area contributed by atoms with Gasteiger partial charge in [-0.25, -0.2) is 0 Å². The molecule has 3 N–H and O–H groups in total. The smallest absolute Gasteiger partial charge is 0.255 e. The summed E-state index contributed by atoms with van der Waals surface area (Å²) in [5, 5.41) is 1.86. The van der Waals surface area contributed by atoms with Gasteiger partial charge in [0.15, 0.2) is 0 Å². The number of hydrogen-bond donors (Lipinski definition) is 2. The van der Waals surface area contributed by atoms with Gasteiger partial charge in [0.05, 0.1) is 18.2 Å². The van der Waals surface area contributed by atoms with E-state index in [1.807, 2.05) is 36.4 Å². The highest BCUT2D eigenvalue weighted by Gasteiger charge is 2.28. The van der Waals surface area contributed by atoms with Crippen molar-refractivity contribution in [2.75, 3.05) is 7.11 Å². The number of halogens is 1. The van der Waals surface area contributed by atoms with E-state index in [-0.39, 0.29) is 17.7 Å². The van der Waals surface area contributed by atoms with Crippen LogP contribution < -0.4 is 20.8 Å². The number of hydrogen-bond acceptors (Lipinski definition) is 4. The number of nitrogens with one attached hydrogen (secondary N) is 1. The highest BCUT2D eigenvalue weighted by atomic mass is 35.5. The van der Waals surface area contributed by atoms with Crippen molar-refractivity contribution in [3.63, 3.8) is 0 Å². The van der Waals surface area contributed by atoms with Crippen molar-refractivity contribution in [1.29, 1.82) is 0 Å². The van der Waals surface area contributed by atoms with Crippen LogP contribution >= 0.6 is 11.6 Å². The lowest BCUT2D eigenvalue weighted by molar-refractivity contribution is 0.123. The summed E-state index contributed by atoms with van der Waals surface area (Å²) >= 11 is 6.37.